The van der Waals surface area contributed by atoms with E-state index in [-0.39, 0.29) is 0 Å². The van der Waals surface area contributed by atoms with Crippen LogP contribution in [0.3, 0.4) is 0 Å². The van der Waals surface area contributed by atoms with Crippen LogP contribution in [0.15, 0.2) is 45.8 Å². The maximum atomic E-state index is 8.56. The monoisotopic (exact) mass is 788 g/mol. The zero-order valence-electron chi connectivity index (χ0n) is 26.4. The van der Waals surface area contributed by atoms with E-state index in [4.69, 9.17) is 33.5 Å². The molecule has 0 aromatic carbocycles. The molecule has 0 N–H and O–H groups in total. The van der Waals surface area contributed by atoms with Crippen molar-refractivity contribution in [1.82, 2.24) is 0 Å². The summed E-state index contributed by atoms with van der Waals surface area (Å²) in [6.45, 7) is 28.3. The minimum atomic E-state index is -4.55. The summed E-state index contributed by atoms with van der Waals surface area (Å²) in [4.78, 5) is 0. The van der Waals surface area contributed by atoms with Crippen molar-refractivity contribution in [2.24, 2.45) is 0 Å². The van der Waals surface area contributed by atoms with E-state index in [1.165, 1.54) is 21.5 Å². The zero-order valence-corrected chi connectivity index (χ0v) is 40.1. The van der Waals surface area contributed by atoms with Crippen LogP contribution in [0.25, 0.3) is 0 Å². The summed E-state index contributed by atoms with van der Waals surface area (Å²) in [7, 11) is 4.90. The summed E-state index contributed by atoms with van der Waals surface area (Å²) in [5.41, 5.74) is 2.88. The number of halogens is 2. The van der Waals surface area contributed by atoms with Gasteiger partial charge in [0.1, 0.15) is 0 Å². The first kappa shape index (κ1) is 35.5. The Hall–Kier alpha value is 2.00. The van der Waals surface area contributed by atoms with Crippen molar-refractivity contribution in [2.45, 2.75) is 96.9 Å². The van der Waals surface area contributed by atoms with Crippen LogP contribution in [0.2, 0.25) is 84.1 Å². The molecule has 4 bridgehead atoms. The van der Waals surface area contributed by atoms with E-state index < -0.39 is 95.7 Å². The van der Waals surface area contributed by atoms with Gasteiger partial charge in [0.05, 0.1) is 0 Å². The predicted octanol–water partition coefficient (Wildman–Crippen LogP) is 5.86. The fourth-order valence-corrected chi connectivity index (χ4v) is 85.4. The summed E-state index contributed by atoms with van der Waals surface area (Å²) in [5.74, 6) is 0. The van der Waals surface area contributed by atoms with Crippen LogP contribution < -0.4 is 0 Å². The van der Waals surface area contributed by atoms with Crippen LogP contribution >= 0.6 is 17.0 Å². The molecule has 0 spiro atoms. The van der Waals surface area contributed by atoms with E-state index in [0.717, 1.165) is 12.8 Å². The Balaban J connectivity index is 2.58. The molecule has 39 heavy (non-hydrogen) atoms. The van der Waals surface area contributed by atoms with E-state index in [9.17, 15) is 0 Å². The molecule has 0 radical (unpaired) electrons. The van der Waals surface area contributed by atoms with Gasteiger partial charge in [0.15, 0.2) is 0 Å². The molecule has 1 heterocycles. The minimum absolute atomic E-state index is 0.422. The fourth-order valence-electron chi connectivity index (χ4n) is 8.11. The van der Waals surface area contributed by atoms with E-state index in [1.807, 2.05) is 0 Å². The molecule has 15 heteroatoms. The van der Waals surface area contributed by atoms with E-state index in [1.54, 1.807) is 0 Å². The topological polar surface area (TPSA) is 36.9 Å². The Labute approximate surface area is 263 Å². The number of hydrogen-bond donors (Lipinski definition) is 0. The first-order valence-electron chi connectivity index (χ1n) is 14.7. The van der Waals surface area contributed by atoms with Crippen molar-refractivity contribution >= 4 is 89.3 Å². The number of allylic oxidation sites excluding steroid dienone is 8. The van der Waals surface area contributed by atoms with Gasteiger partial charge in [-0.3, -0.25) is 0 Å². The quantitative estimate of drug-likeness (QED) is 0.232. The Morgan fingerprint density at radius 3 is 1.21 bits per heavy atom. The fraction of sp³-hybridized carbons (Fsp3) is 0.667. The van der Waals surface area contributed by atoms with Gasteiger partial charge in [-0.05, 0) is 0 Å². The zero-order chi connectivity index (χ0) is 29.7. The summed E-state index contributed by atoms with van der Waals surface area (Å²) in [6.07, 6.45) is 11.8. The summed E-state index contributed by atoms with van der Waals surface area (Å²) < 4.78 is 27.0. The summed E-state index contributed by atoms with van der Waals surface area (Å²) >= 11 is -4.55. The Bertz CT molecular complexity index is 1010. The second-order valence-electron chi connectivity index (χ2n) is 12.9. The standard InChI is InChI=1S/C24H52O4Si8.2ClH.Zr/c1-29-25-33(5,6)21-17-15-19(23(21)35(9,10)27-31-3)13-14-20-16-18-22(34(7,8)26-30-2)24(20)36(11,12)28-32-4;;;/h15-18H,13-14,29-32H2,1-12H3;2*1H;/q;;;+2/p-2. The third kappa shape index (κ3) is 5.44. The molecule has 222 valence electrons. The molecule has 2 unspecified atom stereocenters. The average Bonchev–Trinajstić information content (AvgIpc) is 3.40. The second kappa shape index (κ2) is 12.4. The molecule has 0 amide bonds. The molecule has 2 atom stereocenters. The van der Waals surface area contributed by atoms with Gasteiger partial charge in [-0.2, -0.15) is 0 Å². The van der Waals surface area contributed by atoms with Gasteiger partial charge >= 0.3 is 266 Å². The maximum absolute atomic E-state index is 8.56. The normalized spacial score (nSPS) is 28.6. The molecular weight excluding hydrogens is 739 g/mol. The van der Waals surface area contributed by atoms with Crippen LogP contribution in [0, 0.1) is 0 Å². The third-order valence-electron chi connectivity index (χ3n) is 9.28. The predicted molar refractivity (Wildman–Crippen MR) is 191 cm³/mol. The second-order valence-corrected chi connectivity index (χ2v) is 51.5. The molecule has 2 aliphatic carbocycles. The van der Waals surface area contributed by atoms with Gasteiger partial charge in [0, 0.05) is 0 Å². The first-order chi connectivity index (χ1) is 17.9. The van der Waals surface area contributed by atoms with Crippen LogP contribution in [-0.4, -0.2) is 72.3 Å². The molecule has 0 saturated heterocycles. The van der Waals surface area contributed by atoms with Gasteiger partial charge in [-0.25, -0.2) is 0 Å². The van der Waals surface area contributed by atoms with Gasteiger partial charge in [0.25, 0.3) is 0 Å². The van der Waals surface area contributed by atoms with Crippen molar-refractivity contribution in [3.63, 3.8) is 0 Å². The van der Waals surface area contributed by atoms with Crippen LogP contribution in [0.1, 0.15) is 12.8 Å². The number of rotatable bonds is 12. The molecule has 3 rings (SSSR count). The van der Waals surface area contributed by atoms with Crippen molar-refractivity contribution in [2.75, 3.05) is 0 Å². The average molecular weight is 791 g/mol. The van der Waals surface area contributed by atoms with Crippen LogP contribution in [-0.2, 0) is 34.3 Å². The van der Waals surface area contributed by atoms with Gasteiger partial charge in [-0.15, -0.1) is 0 Å². The Morgan fingerprint density at radius 1 is 0.615 bits per heavy atom. The molecular formula is C24H52Cl2O4Si8Zr. The summed E-state index contributed by atoms with van der Waals surface area (Å²) in [5, 5.41) is 2.99. The Kier molecular flexibility index (Phi) is 11.3. The third-order valence-corrected chi connectivity index (χ3v) is 66.7. The summed E-state index contributed by atoms with van der Waals surface area (Å²) in [6, 6.07) is 0. The van der Waals surface area contributed by atoms with E-state index >= 15 is 0 Å². The van der Waals surface area contributed by atoms with E-state index in [2.05, 4.69) is 103 Å². The molecule has 0 aromatic rings. The number of fused-ring (bicyclic) bond motifs is 2. The Morgan fingerprint density at radius 2 is 0.923 bits per heavy atom. The van der Waals surface area contributed by atoms with Crippen molar-refractivity contribution < 1.29 is 34.3 Å². The van der Waals surface area contributed by atoms with Crippen molar-refractivity contribution in [3.05, 3.63) is 45.8 Å². The van der Waals surface area contributed by atoms with Crippen molar-refractivity contribution in [3.8, 4) is 0 Å². The van der Waals surface area contributed by atoms with Gasteiger partial charge < -0.3 is 0 Å². The molecule has 3 aliphatic rings. The molecule has 0 saturated carbocycles. The molecule has 4 nitrogen and oxygen atoms in total. The first-order valence-corrected chi connectivity index (χ1v) is 43.1. The van der Waals surface area contributed by atoms with Crippen LogP contribution in [0.5, 0.6) is 0 Å². The van der Waals surface area contributed by atoms with Gasteiger partial charge in [0.2, 0.25) is 0 Å². The van der Waals surface area contributed by atoms with E-state index in [0.29, 0.717) is 0 Å². The van der Waals surface area contributed by atoms with Crippen molar-refractivity contribution in [1.29, 1.82) is 0 Å². The molecule has 1 aliphatic heterocycles. The molecule has 0 fully saturated rings. The van der Waals surface area contributed by atoms with Crippen LogP contribution in [0.4, 0.5) is 0 Å². The number of hydrogen-bond acceptors (Lipinski definition) is 4. The van der Waals surface area contributed by atoms with Gasteiger partial charge in [-0.1, -0.05) is 0 Å². The molecule has 0 aromatic heterocycles. The SMILES string of the molecule is C[SiH2]O[Si](C)(C)C1=C2C=C[C]1([Si](C)(C)O[SiH2]C)[Zr]([Cl])([Cl])[C]1([Si](C)(C)O[SiH2]C)C=CC(=C1[Si](C)(C)O[SiH2]C)CC2.